The molecule has 0 atom stereocenters. The summed E-state index contributed by atoms with van der Waals surface area (Å²) in [5.41, 5.74) is -0.547. The minimum absolute atomic E-state index is 0.0486. The fourth-order valence-electron chi connectivity index (χ4n) is 1.40. The Labute approximate surface area is 82.3 Å². The van der Waals surface area contributed by atoms with Gasteiger partial charge in [0.05, 0.1) is 5.56 Å². The third-order valence-electron chi connectivity index (χ3n) is 2.11. The van der Waals surface area contributed by atoms with E-state index in [9.17, 15) is 14.0 Å². The van der Waals surface area contributed by atoms with Crippen molar-refractivity contribution in [3.63, 3.8) is 0 Å². The Balaban J connectivity index is 3.03. The van der Waals surface area contributed by atoms with Gasteiger partial charge in [-0.1, -0.05) is 0 Å². The van der Waals surface area contributed by atoms with Gasteiger partial charge < -0.3 is 9.52 Å². The summed E-state index contributed by atoms with van der Waals surface area (Å²) in [5, 5.41) is 8.83. The highest BCUT2D eigenvalue weighted by Crippen LogP contribution is 2.20. The zero-order chi connectivity index (χ0) is 11.2. The fraction of sp³-hybridized carbons (Fsp3) is 0.111. The molecule has 0 saturated carbocycles. The van der Waals surface area contributed by atoms with Gasteiger partial charge in [0.25, 0.3) is 0 Å². The van der Waals surface area contributed by atoms with Gasteiger partial charge in [-0.15, -0.1) is 0 Å². The molecule has 1 N–H and O–H groups in total. The average Bonchev–Trinajstić information content (AvgIpc) is 2.46. The van der Waals surface area contributed by atoms with Gasteiger partial charge in [-0.2, -0.15) is 0 Å². The van der Waals surface area contributed by atoms with Crippen molar-refractivity contribution in [2.24, 2.45) is 7.05 Å². The van der Waals surface area contributed by atoms with Crippen molar-refractivity contribution in [1.82, 2.24) is 4.57 Å². The number of oxazole rings is 1. The minimum Gasteiger partial charge on any atom is -0.478 e. The molecule has 78 valence electrons. The van der Waals surface area contributed by atoms with Crippen molar-refractivity contribution >= 4 is 17.1 Å². The van der Waals surface area contributed by atoms with E-state index in [2.05, 4.69) is 4.42 Å². The predicted molar refractivity (Wildman–Crippen MR) is 48.4 cm³/mol. The second kappa shape index (κ2) is 2.94. The maximum absolute atomic E-state index is 13.2. The van der Waals surface area contributed by atoms with Crippen LogP contribution in [-0.2, 0) is 7.05 Å². The molecule has 5 nitrogen and oxygen atoms in total. The first kappa shape index (κ1) is 9.45. The van der Waals surface area contributed by atoms with Crippen LogP contribution in [0.25, 0.3) is 11.1 Å². The molecule has 0 saturated heterocycles. The van der Waals surface area contributed by atoms with Crippen LogP contribution >= 0.6 is 0 Å². The molecule has 0 aliphatic carbocycles. The van der Waals surface area contributed by atoms with Gasteiger partial charge in [0.2, 0.25) is 0 Å². The molecule has 15 heavy (non-hydrogen) atoms. The lowest BCUT2D eigenvalue weighted by Gasteiger charge is -1.98. The Morgan fingerprint density at radius 3 is 2.80 bits per heavy atom. The Kier molecular flexibility index (Phi) is 1.85. The van der Waals surface area contributed by atoms with E-state index in [1.54, 1.807) is 0 Å². The summed E-state index contributed by atoms with van der Waals surface area (Å²) < 4.78 is 18.7. The van der Waals surface area contributed by atoms with Crippen LogP contribution in [0.15, 0.2) is 21.3 Å². The maximum atomic E-state index is 13.2. The highest BCUT2D eigenvalue weighted by molar-refractivity contribution is 6.00. The summed E-state index contributed by atoms with van der Waals surface area (Å²) in [7, 11) is 1.32. The molecule has 0 unspecified atom stereocenters. The van der Waals surface area contributed by atoms with Crippen LogP contribution in [0.1, 0.15) is 10.4 Å². The van der Waals surface area contributed by atoms with Gasteiger partial charge in [0.15, 0.2) is 11.4 Å². The second-order valence-corrected chi connectivity index (χ2v) is 3.00. The smallest absolute Gasteiger partial charge is 0.419 e. The van der Waals surface area contributed by atoms with Crippen molar-refractivity contribution in [1.29, 1.82) is 0 Å². The van der Waals surface area contributed by atoms with E-state index in [0.717, 1.165) is 16.7 Å². The van der Waals surface area contributed by atoms with Crippen LogP contribution in [0.4, 0.5) is 4.39 Å². The topological polar surface area (TPSA) is 72.4 Å². The predicted octanol–water partition coefficient (Wildman–Crippen LogP) is 0.969. The van der Waals surface area contributed by atoms with Gasteiger partial charge in [-0.05, 0) is 12.1 Å². The van der Waals surface area contributed by atoms with Gasteiger partial charge in [0, 0.05) is 7.05 Å². The summed E-state index contributed by atoms with van der Waals surface area (Å²) in [6.07, 6.45) is 0. The third kappa shape index (κ3) is 1.22. The highest BCUT2D eigenvalue weighted by Gasteiger charge is 2.18. The number of carboxylic acid groups (broad SMARTS) is 1. The number of aromatic nitrogens is 1. The molecule has 2 aromatic rings. The monoisotopic (exact) mass is 211 g/mol. The highest BCUT2D eigenvalue weighted by atomic mass is 19.1. The van der Waals surface area contributed by atoms with Crippen LogP contribution in [0.2, 0.25) is 0 Å². The van der Waals surface area contributed by atoms with Crippen molar-refractivity contribution in [3.05, 3.63) is 34.1 Å². The molecule has 0 aliphatic rings. The molecule has 1 aromatic heterocycles. The fourth-order valence-corrected chi connectivity index (χ4v) is 1.40. The lowest BCUT2D eigenvalue weighted by molar-refractivity contribution is 0.0698. The Morgan fingerprint density at radius 2 is 2.20 bits per heavy atom. The lowest BCUT2D eigenvalue weighted by Crippen LogP contribution is -2.10. The van der Waals surface area contributed by atoms with Gasteiger partial charge in [0.1, 0.15) is 5.52 Å². The first-order valence-corrected chi connectivity index (χ1v) is 4.03. The Hall–Kier alpha value is -2.11. The molecular formula is C9H6FNO4. The molecule has 0 fully saturated rings. The van der Waals surface area contributed by atoms with E-state index in [0.29, 0.717) is 0 Å². The SMILES string of the molecule is Cn1c(=O)oc2c(F)ccc(C(=O)O)c21. The van der Waals surface area contributed by atoms with E-state index in [1.165, 1.54) is 7.05 Å². The van der Waals surface area contributed by atoms with Crippen molar-refractivity contribution in [2.75, 3.05) is 0 Å². The summed E-state index contributed by atoms with van der Waals surface area (Å²) in [5.74, 6) is -2.79. The lowest BCUT2D eigenvalue weighted by atomic mass is 10.2. The van der Waals surface area contributed by atoms with Crippen molar-refractivity contribution < 1.29 is 18.7 Å². The number of aryl methyl sites for hydroxylation is 1. The molecule has 1 heterocycles. The quantitative estimate of drug-likeness (QED) is 0.762. The summed E-state index contributed by atoms with van der Waals surface area (Å²) >= 11 is 0. The molecule has 0 radical (unpaired) electrons. The second-order valence-electron chi connectivity index (χ2n) is 3.00. The van der Waals surface area contributed by atoms with Crippen molar-refractivity contribution in [2.45, 2.75) is 0 Å². The van der Waals surface area contributed by atoms with Crippen LogP contribution in [0.3, 0.4) is 0 Å². The standard InChI is InChI=1S/C9H6FNO4/c1-11-6-4(8(12)13)2-3-5(10)7(6)15-9(11)14/h2-3H,1H3,(H,12,13). The number of hydrogen-bond donors (Lipinski definition) is 1. The molecule has 1 aromatic carbocycles. The zero-order valence-electron chi connectivity index (χ0n) is 7.65. The van der Waals surface area contributed by atoms with Gasteiger partial charge >= 0.3 is 11.7 Å². The molecule has 0 bridgehead atoms. The van der Waals surface area contributed by atoms with Crippen molar-refractivity contribution in [3.8, 4) is 0 Å². The molecule has 0 spiro atoms. The molecule has 2 rings (SSSR count). The number of carboxylic acids is 1. The van der Waals surface area contributed by atoms with Crippen LogP contribution < -0.4 is 5.76 Å². The first-order valence-electron chi connectivity index (χ1n) is 4.03. The molecule has 6 heteroatoms. The number of halogens is 1. The van der Waals surface area contributed by atoms with Crippen LogP contribution in [0.5, 0.6) is 0 Å². The summed E-state index contributed by atoms with van der Waals surface area (Å²) in [6.45, 7) is 0. The normalized spacial score (nSPS) is 10.8. The first-order chi connectivity index (χ1) is 7.02. The van der Waals surface area contributed by atoms with E-state index in [-0.39, 0.29) is 16.7 Å². The minimum atomic E-state index is -1.24. The van der Waals surface area contributed by atoms with Gasteiger partial charge in [-0.25, -0.2) is 14.0 Å². The number of fused-ring (bicyclic) bond motifs is 1. The number of rotatable bonds is 1. The van der Waals surface area contributed by atoms with E-state index in [1.807, 2.05) is 0 Å². The zero-order valence-corrected chi connectivity index (χ0v) is 7.65. The average molecular weight is 211 g/mol. The Bertz CT molecular complexity index is 610. The Morgan fingerprint density at radius 1 is 1.53 bits per heavy atom. The third-order valence-corrected chi connectivity index (χ3v) is 2.11. The number of nitrogens with zero attached hydrogens (tertiary/aromatic N) is 1. The number of hydrogen-bond acceptors (Lipinski definition) is 3. The summed E-state index contributed by atoms with van der Waals surface area (Å²) in [4.78, 5) is 21.9. The molecule has 0 amide bonds. The maximum Gasteiger partial charge on any atom is 0.419 e. The summed E-state index contributed by atoms with van der Waals surface area (Å²) in [6, 6.07) is 2.05. The molecular weight excluding hydrogens is 205 g/mol. The number of benzene rings is 1. The van der Waals surface area contributed by atoms with Gasteiger partial charge in [-0.3, -0.25) is 4.57 Å². The van der Waals surface area contributed by atoms with E-state index >= 15 is 0 Å². The van der Waals surface area contributed by atoms with Crippen LogP contribution in [-0.4, -0.2) is 15.6 Å². The largest absolute Gasteiger partial charge is 0.478 e. The molecule has 0 aliphatic heterocycles. The van der Waals surface area contributed by atoms with E-state index in [4.69, 9.17) is 5.11 Å². The number of carbonyl (C=O) groups is 1. The van der Waals surface area contributed by atoms with Crippen LogP contribution in [0, 0.1) is 5.82 Å². The number of aromatic carboxylic acids is 1. The van der Waals surface area contributed by atoms with E-state index < -0.39 is 17.5 Å².